The number of nitrogens with one attached hydrogen (secondary N) is 2. The summed E-state index contributed by atoms with van der Waals surface area (Å²) in [6.45, 7) is 2.42. The van der Waals surface area contributed by atoms with Crippen LogP contribution in [0.5, 0.6) is 0 Å². The molecule has 0 saturated carbocycles. The van der Waals surface area contributed by atoms with Crippen LogP contribution in [0.3, 0.4) is 0 Å². The summed E-state index contributed by atoms with van der Waals surface area (Å²) in [7, 11) is 0. The van der Waals surface area contributed by atoms with Gasteiger partial charge in [0.1, 0.15) is 0 Å². The molecule has 0 saturated heterocycles. The van der Waals surface area contributed by atoms with E-state index in [1.807, 2.05) is 35.9 Å². The zero-order valence-electron chi connectivity index (χ0n) is 11.2. The molecular weight excluding hydrogens is 272 g/mol. The molecule has 2 amide bonds. The van der Waals surface area contributed by atoms with Gasteiger partial charge in [-0.05, 0) is 47.9 Å². The molecule has 1 aromatic heterocycles. The fraction of sp³-hybridized carbons (Fsp3) is 0.200. The van der Waals surface area contributed by atoms with E-state index in [-0.39, 0.29) is 0 Å². The first kappa shape index (κ1) is 14.3. The third-order valence-electron chi connectivity index (χ3n) is 2.79. The highest BCUT2D eigenvalue weighted by atomic mass is 32.1. The van der Waals surface area contributed by atoms with Crippen molar-refractivity contribution in [1.82, 2.24) is 5.32 Å². The van der Waals surface area contributed by atoms with Gasteiger partial charge in [0.25, 0.3) is 0 Å². The van der Waals surface area contributed by atoms with Crippen molar-refractivity contribution in [2.75, 3.05) is 11.9 Å². The third kappa shape index (κ3) is 4.20. The molecule has 0 spiro atoms. The summed E-state index contributed by atoms with van der Waals surface area (Å²) in [6, 6.07) is 9.30. The van der Waals surface area contributed by atoms with Gasteiger partial charge in [-0.3, -0.25) is 9.59 Å². The summed E-state index contributed by atoms with van der Waals surface area (Å²) >= 11 is 1.62. The second-order valence-corrected chi connectivity index (χ2v) is 5.24. The van der Waals surface area contributed by atoms with E-state index in [0.29, 0.717) is 12.2 Å². The number of benzene rings is 1. The Bertz CT molecular complexity index is 576. The second-order valence-electron chi connectivity index (χ2n) is 4.46. The van der Waals surface area contributed by atoms with Gasteiger partial charge in [-0.1, -0.05) is 17.7 Å². The Morgan fingerprint density at radius 1 is 1.10 bits per heavy atom. The molecule has 2 aromatic rings. The van der Waals surface area contributed by atoms with Crippen LogP contribution < -0.4 is 10.6 Å². The third-order valence-corrected chi connectivity index (χ3v) is 3.53. The number of amides is 2. The highest BCUT2D eigenvalue weighted by Crippen LogP contribution is 2.08. The SMILES string of the molecule is Cc1ccc(NC(=O)C(=O)NCCc2ccsc2)cc1. The number of rotatable bonds is 4. The quantitative estimate of drug-likeness (QED) is 0.849. The van der Waals surface area contributed by atoms with Crippen molar-refractivity contribution in [1.29, 1.82) is 0 Å². The zero-order valence-corrected chi connectivity index (χ0v) is 12.0. The molecule has 104 valence electrons. The zero-order chi connectivity index (χ0) is 14.4. The van der Waals surface area contributed by atoms with Gasteiger partial charge in [-0.2, -0.15) is 11.3 Å². The molecule has 4 nitrogen and oxygen atoms in total. The molecule has 0 unspecified atom stereocenters. The van der Waals surface area contributed by atoms with E-state index in [9.17, 15) is 9.59 Å². The first-order valence-corrected chi connectivity index (χ1v) is 7.26. The van der Waals surface area contributed by atoms with Crippen LogP contribution in [-0.4, -0.2) is 18.4 Å². The fourth-order valence-electron chi connectivity index (χ4n) is 1.66. The van der Waals surface area contributed by atoms with Crippen LogP contribution in [0.25, 0.3) is 0 Å². The minimum Gasteiger partial charge on any atom is -0.347 e. The van der Waals surface area contributed by atoms with Crippen LogP contribution >= 0.6 is 11.3 Å². The molecule has 0 aliphatic heterocycles. The lowest BCUT2D eigenvalue weighted by Crippen LogP contribution is -2.36. The molecule has 1 aromatic carbocycles. The van der Waals surface area contributed by atoms with E-state index < -0.39 is 11.8 Å². The average molecular weight is 288 g/mol. The summed E-state index contributed by atoms with van der Waals surface area (Å²) < 4.78 is 0. The fourth-order valence-corrected chi connectivity index (χ4v) is 2.36. The summed E-state index contributed by atoms with van der Waals surface area (Å²) in [5.74, 6) is -1.25. The van der Waals surface area contributed by atoms with Crippen molar-refractivity contribution >= 4 is 28.8 Å². The molecule has 0 bridgehead atoms. The van der Waals surface area contributed by atoms with Gasteiger partial charge in [0, 0.05) is 12.2 Å². The van der Waals surface area contributed by atoms with Crippen molar-refractivity contribution in [3.63, 3.8) is 0 Å². The molecule has 0 aliphatic rings. The number of anilines is 1. The van der Waals surface area contributed by atoms with Crippen molar-refractivity contribution in [3.8, 4) is 0 Å². The Balaban J connectivity index is 1.77. The van der Waals surface area contributed by atoms with E-state index in [0.717, 1.165) is 17.5 Å². The Kier molecular flexibility index (Phi) is 4.90. The van der Waals surface area contributed by atoms with E-state index >= 15 is 0 Å². The topological polar surface area (TPSA) is 58.2 Å². The lowest BCUT2D eigenvalue weighted by molar-refractivity contribution is -0.136. The normalized spacial score (nSPS) is 10.1. The van der Waals surface area contributed by atoms with Crippen molar-refractivity contribution in [3.05, 3.63) is 52.2 Å². The van der Waals surface area contributed by atoms with E-state index in [4.69, 9.17) is 0 Å². The molecule has 0 aliphatic carbocycles. The molecular formula is C15H16N2O2S. The molecule has 2 rings (SSSR count). The monoisotopic (exact) mass is 288 g/mol. The molecule has 2 N–H and O–H groups in total. The van der Waals surface area contributed by atoms with Crippen LogP contribution in [0.2, 0.25) is 0 Å². The van der Waals surface area contributed by atoms with Crippen molar-refractivity contribution in [2.45, 2.75) is 13.3 Å². The lowest BCUT2D eigenvalue weighted by Gasteiger charge is -2.06. The maximum Gasteiger partial charge on any atom is 0.313 e. The van der Waals surface area contributed by atoms with Gasteiger partial charge < -0.3 is 10.6 Å². The molecule has 0 radical (unpaired) electrons. The lowest BCUT2D eigenvalue weighted by atomic mass is 10.2. The van der Waals surface area contributed by atoms with E-state index in [1.165, 1.54) is 0 Å². The Labute approximate surface area is 121 Å². The first-order chi connectivity index (χ1) is 9.65. The minimum absolute atomic E-state index is 0.455. The summed E-state index contributed by atoms with van der Waals surface area (Å²) in [5, 5.41) is 9.18. The van der Waals surface area contributed by atoms with Crippen LogP contribution in [-0.2, 0) is 16.0 Å². The Morgan fingerprint density at radius 3 is 2.50 bits per heavy atom. The van der Waals surface area contributed by atoms with Crippen LogP contribution in [0.15, 0.2) is 41.1 Å². The predicted molar refractivity (Wildman–Crippen MR) is 80.8 cm³/mol. The summed E-state index contributed by atoms with van der Waals surface area (Å²) in [5.41, 5.74) is 2.88. The Hall–Kier alpha value is -2.14. The number of carbonyl (C=O) groups is 2. The molecule has 0 fully saturated rings. The maximum atomic E-state index is 11.7. The number of hydrogen-bond donors (Lipinski definition) is 2. The van der Waals surface area contributed by atoms with Crippen LogP contribution in [0, 0.1) is 6.92 Å². The van der Waals surface area contributed by atoms with E-state index in [1.54, 1.807) is 23.5 Å². The number of thiophene rings is 1. The standard InChI is InChI=1S/C15H16N2O2S/c1-11-2-4-13(5-3-11)17-15(19)14(18)16-8-6-12-7-9-20-10-12/h2-5,7,9-10H,6,8H2,1H3,(H,16,18)(H,17,19). The highest BCUT2D eigenvalue weighted by molar-refractivity contribution is 7.07. The van der Waals surface area contributed by atoms with Gasteiger partial charge >= 0.3 is 11.8 Å². The molecule has 20 heavy (non-hydrogen) atoms. The number of carbonyl (C=O) groups excluding carboxylic acids is 2. The maximum absolute atomic E-state index is 11.7. The smallest absolute Gasteiger partial charge is 0.313 e. The average Bonchev–Trinajstić information content (AvgIpc) is 2.94. The van der Waals surface area contributed by atoms with Gasteiger partial charge in [-0.25, -0.2) is 0 Å². The molecule has 1 heterocycles. The second kappa shape index (κ2) is 6.86. The van der Waals surface area contributed by atoms with Crippen molar-refractivity contribution in [2.24, 2.45) is 0 Å². The highest BCUT2D eigenvalue weighted by Gasteiger charge is 2.12. The number of hydrogen-bond acceptors (Lipinski definition) is 3. The summed E-state index contributed by atoms with van der Waals surface area (Å²) in [6.07, 6.45) is 0.729. The van der Waals surface area contributed by atoms with Gasteiger partial charge in [0.2, 0.25) is 0 Å². The molecule has 0 atom stereocenters. The molecule has 5 heteroatoms. The predicted octanol–water partition coefficient (Wildman–Crippen LogP) is 2.35. The van der Waals surface area contributed by atoms with Crippen molar-refractivity contribution < 1.29 is 9.59 Å². The van der Waals surface area contributed by atoms with Gasteiger partial charge in [0.15, 0.2) is 0 Å². The minimum atomic E-state index is -0.640. The van der Waals surface area contributed by atoms with Gasteiger partial charge in [-0.15, -0.1) is 0 Å². The Morgan fingerprint density at radius 2 is 1.85 bits per heavy atom. The van der Waals surface area contributed by atoms with E-state index in [2.05, 4.69) is 10.6 Å². The van der Waals surface area contributed by atoms with Gasteiger partial charge in [0.05, 0.1) is 0 Å². The first-order valence-electron chi connectivity index (χ1n) is 6.32. The van der Waals surface area contributed by atoms with Crippen LogP contribution in [0.4, 0.5) is 5.69 Å². The summed E-state index contributed by atoms with van der Waals surface area (Å²) in [4.78, 5) is 23.3. The number of aryl methyl sites for hydroxylation is 1. The van der Waals surface area contributed by atoms with Crippen LogP contribution in [0.1, 0.15) is 11.1 Å². The largest absolute Gasteiger partial charge is 0.347 e.